The van der Waals surface area contributed by atoms with Crippen molar-refractivity contribution in [1.29, 1.82) is 0 Å². The van der Waals surface area contributed by atoms with E-state index in [2.05, 4.69) is 31.2 Å². The largest absolute Gasteiger partial charge is 0.444 e. The molecule has 4 aromatic rings. The molecule has 2 atom stereocenters. The minimum atomic E-state index is -4.96. The number of aromatic nitrogens is 2. The monoisotopic (exact) mass is 692 g/mol. The van der Waals surface area contributed by atoms with Crippen molar-refractivity contribution < 1.29 is 35.9 Å². The normalized spacial score (nSPS) is 16.7. The lowest BCUT2D eigenvalue weighted by atomic mass is 9.90. The number of rotatable bonds is 7. The fourth-order valence-electron chi connectivity index (χ4n) is 5.29. The topological polar surface area (TPSA) is 67.4 Å². The highest BCUT2D eigenvalue weighted by atomic mass is 79.9. The van der Waals surface area contributed by atoms with E-state index in [9.17, 15) is 31.1 Å². The third kappa shape index (κ3) is 7.58. The van der Waals surface area contributed by atoms with Gasteiger partial charge < -0.3 is 10.1 Å². The Balaban J connectivity index is 1.40. The fraction of sp³-hybridized carbons (Fsp3) is 0.281. The van der Waals surface area contributed by atoms with E-state index in [4.69, 9.17) is 4.74 Å². The maximum Gasteiger partial charge on any atom is 0.416 e. The van der Waals surface area contributed by atoms with E-state index in [1.54, 1.807) is 4.90 Å². The first-order chi connectivity index (χ1) is 21.3. The first-order valence-electron chi connectivity index (χ1n) is 14.0. The van der Waals surface area contributed by atoms with Gasteiger partial charge in [0.05, 0.1) is 33.0 Å². The summed E-state index contributed by atoms with van der Waals surface area (Å²) in [6.45, 7) is 2.06. The van der Waals surface area contributed by atoms with Gasteiger partial charge in [0.2, 0.25) is 5.95 Å². The number of hydrogen-bond donors (Lipinski definition) is 1. The molecule has 6 nitrogen and oxygen atoms in total. The van der Waals surface area contributed by atoms with Crippen LogP contribution in [0.25, 0.3) is 0 Å². The zero-order chi connectivity index (χ0) is 32.4. The Morgan fingerprint density at radius 1 is 0.956 bits per heavy atom. The summed E-state index contributed by atoms with van der Waals surface area (Å²) in [5, 5.41) is 3.26. The van der Waals surface area contributed by atoms with Crippen LogP contribution in [0.3, 0.4) is 0 Å². The summed E-state index contributed by atoms with van der Waals surface area (Å²) in [6.07, 6.45) is -8.26. The molecule has 2 heterocycles. The summed E-state index contributed by atoms with van der Waals surface area (Å²) in [5.41, 5.74) is -0.527. The molecule has 2 unspecified atom stereocenters. The highest BCUT2D eigenvalue weighted by molar-refractivity contribution is 9.10. The number of alkyl halides is 6. The number of carbonyl (C=O) groups excluding carboxylic acids is 1. The first-order valence-corrected chi connectivity index (χ1v) is 14.8. The number of ether oxygens (including phenoxy) is 1. The molecule has 1 aliphatic rings. The van der Waals surface area contributed by atoms with E-state index in [1.807, 2.05) is 61.5 Å². The maximum atomic E-state index is 13.4. The zero-order valence-electron chi connectivity index (χ0n) is 23.8. The van der Waals surface area contributed by atoms with E-state index in [0.29, 0.717) is 35.1 Å². The molecule has 0 aliphatic carbocycles. The summed E-state index contributed by atoms with van der Waals surface area (Å²) < 4.78 is 86.5. The second-order valence-corrected chi connectivity index (χ2v) is 11.4. The molecule has 5 rings (SSSR count). The van der Waals surface area contributed by atoms with Crippen molar-refractivity contribution in [3.8, 4) is 0 Å². The Labute approximate surface area is 263 Å². The lowest BCUT2D eigenvalue weighted by Crippen LogP contribution is -2.46. The Hall–Kier alpha value is -4.13. The molecular formula is C32H27BrF6N4O2. The van der Waals surface area contributed by atoms with Crippen molar-refractivity contribution in [2.45, 2.75) is 57.2 Å². The van der Waals surface area contributed by atoms with Crippen molar-refractivity contribution in [2.75, 3.05) is 10.2 Å². The molecule has 0 spiro atoms. The van der Waals surface area contributed by atoms with Crippen LogP contribution in [0, 0.1) is 0 Å². The van der Waals surface area contributed by atoms with Gasteiger partial charge in [-0.1, -0.05) is 55.5 Å². The average molecular weight is 693 g/mol. The molecule has 0 saturated heterocycles. The van der Waals surface area contributed by atoms with Gasteiger partial charge in [-0.15, -0.1) is 0 Å². The number of benzene rings is 3. The summed E-state index contributed by atoms with van der Waals surface area (Å²) >= 11 is 3.28. The van der Waals surface area contributed by atoms with Crippen molar-refractivity contribution >= 4 is 33.7 Å². The van der Waals surface area contributed by atoms with E-state index in [0.717, 1.165) is 11.1 Å². The van der Waals surface area contributed by atoms with Crippen LogP contribution in [0.2, 0.25) is 0 Å². The molecule has 236 valence electrons. The number of para-hydroxylation sites is 1. The molecule has 1 aromatic heterocycles. The lowest BCUT2D eigenvalue weighted by Gasteiger charge is -2.40. The lowest BCUT2D eigenvalue weighted by molar-refractivity contribution is -0.143. The number of nitrogens with zero attached hydrogens (tertiary/aromatic N) is 3. The van der Waals surface area contributed by atoms with Gasteiger partial charge >= 0.3 is 18.4 Å². The molecule has 1 amide bonds. The van der Waals surface area contributed by atoms with E-state index < -0.39 is 29.6 Å². The van der Waals surface area contributed by atoms with Crippen molar-refractivity contribution in [3.63, 3.8) is 0 Å². The molecular weight excluding hydrogens is 666 g/mol. The molecule has 1 N–H and O–H groups in total. The number of carbonyl (C=O) groups is 1. The van der Waals surface area contributed by atoms with Gasteiger partial charge in [-0.25, -0.2) is 14.8 Å². The molecule has 1 aliphatic heterocycles. The van der Waals surface area contributed by atoms with Crippen LogP contribution in [0.1, 0.15) is 59.3 Å². The van der Waals surface area contributed by atoms with Gasteiger partial charge in [0, 0.05) is 18.7 Å². The average Bonchev–Trinajstić information content (AvgIpc) is 3.00. The maximum absolute atomic E-state index is 13.4. The zero-order valence-corrected chi connectivity index (χ0v) is 25.4. The third-order valence-electron chi connectivity index (χ3n) is 7.46. The molecule has 0 radical (unpaired) electrons. The van der Waals surface area contributed by atoms with Gasteiger partial charge in [0.1, 0.15) is 6.61 Å². The predicted octanol–water partition coefficient (Wildman–Crippen LogP) is 9.35. The third-order valence-corrected chi connectivity index (χ3v) is 8.12. The number of nitrogens with one attached hydrogen (secondary N) is 1. The van der Waals surface area contributed by atoms with Crippen LogP contribution in [0.4, 0.5) is 42.8 Å². The van der Waals surface area contributed by atoms with Crippen molar-refractivity contribution in [1.82, 2.24) is 9.97 Å². The molecule has 13 heteroatoms. The summed E-state index contributed by atoms with van der Waals surface area (Å²) in [6, 6.07) is 17.5. The minimum Gasteiger partial charge on any atom is -0.444 e. The van der Waals surface area contributed by atoms with Gasteiger partial charge in [0.25, 0.3) is 0 Å². The highest BCUT2D eigenvalue weighted by Gasteiger charge is 2.38. The standard InChI is InChI=1S/C32H27BrF6N4O2/c1-2-23-16-26(24-10-6-7-11-28(24)43(23)30(44)45-18-19-8-4-3-5-9-19)41-29-40-17-25(33)27(42-29)14-20-12-21(31(34,35)36)15-22(13-20)32(37,38)39/h3-13,15,17,23,26H,2,14,16,18H2,1H3,(H,40,41,42). The predicted molar refractivity (Wildman–Crippen MR) is 160 cm³/mol. The van der Waals surface area contributed by atoms with Crippen LogP contribution in [0.5, 0.6) is 0 Å². The van der Waals surface area contributed by atoms with Crippen LogP contribution in [0.15, 0.2) is 83.5 Å². The Morgan fingerprint density at radius 2 is 1.60 bits per heavy atom. The van der Waals surface area contributed by atoms with Crippen molar-refractivity contribution in [2.24, 2.45) is 0 Å². The quantitative estimate of drug-likeness (QED) is 0.196. The van der Waals surface area contributed by atoms with Crippen LogP contribution < -0.4 is 10.2 Å². The van der Waals surface area contributed by atoms with Crippen LogP contribution >= 0.6 is 15.9 Å². The van der Waals surface area contributed by atoms with Crippen molar-refractivity contribution in [3.05, 3.63) is 117 Å². The second-order valence-electron chi connectivity index (χ2n) is 10.5. The highest BCUT2D eigenvalue weighted by Crippen LogP contribution is 2.41. The van der Waals surface area contributed by atoms with E-state index in [-0.39, 0.29) is 48.4 Å². The number of anilines is 2. The Morgan fingerprint density at radius 3 is 2.24 bits per heavy atom. The molecule has 0 fully saturated rings. The van der Waals surface area contributed by atoms with Gasteiger partial charge in [-0.2, -0.15) is 26.3 Å². The Bertz CT molecular complexity index is 1630. The number of halogens is 7. The molecule has 0 saturated carbocycles. The summed E-state index contributed by atoms with van der Waals surface area (Å²) in [5.74, 6) is 0.131. The minimum absolute atomic E-state index is 0.0942. The fourth-order valence-corrected chi connectivity index (χ4v) is 5.62. The smallest absolute Gasteiger partial charge is 0.416 e. The van der Waals surface area contributed by atoms with E-state index >= 15 is 0 Å². The number of fused-ring (bicyclic) bond motifs is 1. The molecule has 45 heavy (non-hydrogen) atoms. The number of amides is 1. The Kier molecular flexibility index (Phi) is 9.38. The van der Waals surface area contributed by atoms with Crippen LogP contribution in [-0.4, -0.2) is 22.1 Å². The second kappa shape index (κ2) is 13.1. The van der Waals surface area contributed by atoms with Gasteiger partial charge in [-0.3, -0.25) is 4.90 Å². The summed E-state index contributed by atoms with van der Waals surface area (Å²) in [4.78, 5) is 23.7. The van der Waals surface area contributed by atoms with Gasteiger partial charge in [0.15, 0.2) is 0 Å². The number of hydrogen-bond acceptors (Lipinski definition) is 5. The van der Waals surface area contributed by atoms with E-state index in [1.165, 1.54) is 6.20 Å². The van der Waals surface area contributed by atoms with Gasteiger partial charge in [-0.05, 0) is 69.7 Å². The SMILES string of the molecule is CCC1CC(Nc2ncc(Br)c(Cc3cc(C(F)(F)F)cc(C(F)(F)F)c3)n2)c2ccccc2N1C(=O)OCc1ccccc1. The molecule has 0 bridgehead atoms. The first kappa shape index (κ1) is 32.3. The summed E-state index contributed by atoms with van der Waals surface area (Å²) in [7, 11) is 0. The molecule has 3 aromatic carbocycles. The van der Waals surface area contributed by atoms with Crippen LogP contribution in [-0.2, 0) is 30.1 Å².